The van der Waals surface area contributed by atoms with E-state index in [-0.39, 0.29) is 11.9 Å². The summed E-state index contributed by atoms with van der Waals surface area (Å²) in [5.74, 6) is 0.566. The second kappa shape index (κ2) is 3.01. The standard InChI is InChI=1S/C7H14N2O/c1-5-2-3-9-7(10)4-6(5)8/h5-6H,2-4,8H2,1H3,(H,9,10). The van der Waals surface area contributed by atoms with Gasteiger partial charge in [0.2, 0.25) is 5.91 Å². The molecule has 3 nitrogen and oxygen atoms in total. The maximum atomic E-state index is 10.8. The number of hydrogen-bond acceptors (Lipinski definition) is 2. The third kappa shape index (κ3) is 1.70. The first kappa shape index (κ1) is 7.54. The number of hydrogen-bond donors (Lipinski definition) is 2. The average molecular weight is 142 g/mol. The molecule has 0 aromatic rings. The molecule has 0 aromatic carbocycles. The highest BCUT2D eigenvalue weighted by Crippen LogP contribution is 2.11. The predicted molar refractivity (Wildman–Crippen MR) is 39.4 cm³/mol. The summed E-state index contributed by atoms with van der Waals surface area (Å²) in [6.45, 7) is 2.87. The van der Waals surface area contributed by atoms with Crippen molar-refractivity contribution in [3.63, 3.8) is 0 Å². The molecular formula is C7H14N2O. The second-order valence-electron chi connectivity index (χ2n) is 2.98. The lowest BCUT2D eigenvalue weighted by Crippen LogP contribution is -2.30. The third-order valence-electron chi connectivity index (χ3n) is 2.07. The summed E-state index contributed by atoms with van der Waals surface area (Å²) in [5.41, 5.74) is 5.71. The molecule has 0 radical (unpaired) electrons. The number of nitrogens with one attached hydrogen (secondary N) is 1. The summed E-state index contributed by atoms with van der Waals surface area (Å²) in [7, 11) is 0. The number of amides is 1. The minimum atomic E-state index is 0.0579. The molecule has 0 bridgehead atoms. The van der Waals surface area contributed by atoms with Crippen LogP contribution in [0.5, 0.6) is 0 Å². The lowest BCUT2D eigenvalue weighted by molar-refractivity contribution is -0.121. The van der Waals surface area contributed by atoms with Crippen molar-refractivity contribution in [3.05, 3.63) is 0 Å². The molecule has 0 aromatic heterocycles. The normalized spacial score (nSPS) is 34.8. The average Bonchev–Trinajstić information content (AvgIpc) is 1.96. The molecule has 10 heavy (non-hydrogen) atoms. The van der Waals surface area contributed by atoms with Crippen LogP contribution in [0.25, 0.3) is 0 Å². The molecule has 0 saturated carbocycles. The van der Waals surface area contributed by atoms with Crippen molar-refractivity contribution in [1.82, 2.24) is 5.32 Å². The van der Waals surface area contributed by atoms with E-state index in [4.69, 9.17) is 5.73 Å². The molecule has 1 fully saturated rings. The van der Waals surface area contributed by atoms with Gasteiger partial charge in [0.25, 0.3) is 0 Å². The smallest absolute Gasteiger partial charge is 0.221 e. The topological polar surface area (TPSA) is 55.1 Å². The minimum absolute atomic E-state index is 0.0579. The van der Waals surface area contributed by atoms with Gasteiger partial charge in [0.15, 0.2) is 0 Å². The van der Waals surface area contributed by atoms with Gasteiger partial charge in [-0.25, -0.2) is 0 Å². The van der Waals surface area contributed by atoms with Crippen molar-refractivity contribution in [2.45, 2.75) is 25.8 Å². The Labute approximate surface area is 61.0 Å². The van der Waals surface area contributed by atoms with E-state index in [1.54, 1.807) is 0 Å². The van der Waals surface area contributed by atoms with Gasteiger partial charge in [-0.2, -0.15) is 0 Å². The predicted octanol–water partition coefficient (Wildman–Crippen LogP) is -0.140. The molecule has 1 aliphatic rings. The molecule has 3 N–H and O–H groups in total. The molecule has 1 heterocycles. The summed E-state index contributed by atoms with van der Waals surface area (Å²) in [6, 6.07) is 0.0579. The summed E-state index contributed by atoms with van der Waals surface area (Å²) in [5, 5.41) is 2.79. The first-order valence-corrected chi connectivity index (χ1v) is 3.72. The van der Waals surface area contributed by atoms with Gasteiger partial charge >= 0.3 is 0 Å². The Balaban J connectivity index is 2.49. The van der Waals surface area contributed by atoms with Crippen LogP contribution in [0.15, 0.2) is 0 Å². The van der Waals surface area contributed by atoms with Gasteiger partial charge in [-0.1, -0.05) is 6.92 Å². The van der Waals surface area contributed by atoms with E-state index < -0.39 is 0 Å². The Morgan fingerprint density at radius 2 is 2.40 bits per heavy atom. The molecule has 1 amide bonds. The molecule has 0 spiro atoms. The van der Waals surface area contributed by atoms with Crippen LogP contribution in [0, 0.1) is 5.92 Å². The van der Waals surface area contributed by atoms with Crippen molar-refractivity contribution in [3.8, 4) is 0 Å². The fourth-order valence-electron chi connectivity index (χ4n) is 1.14. The monoisotopic (exact) mass is 142 g/mol. The number of carbonyl (C=O) groups excluding carboxylic acids is 1. The largest absolute Gasteiger partial charge is 0.356 e. The van der Waals surface area contributed by atoms with Crippen LogP contribution in [0.4, 0.5) is 0 Å². The zero-order chi connectivity index (χ0) is 7.56. The third-order valence-corrected chi connectivity index (χ3v) is 2.07. The molecule has 2 atom stereocenters. The highest BCUT2D eigenvalue weighted by molar-refractivity contribution is 5.76. The SMILES string of the molecule is CC1CCNC(=O)CC1N. The summed E-state index contributed by atoms with van der Waals surface area (Å²) >= 11 is 0. The van der Waals surface area contributed by atoms with Crippen LogP contribution in [0.2, 0.25) is 0 Å². The van der Waals surface area contributed by atoms with Crippen LogP contribution in [-0.4, -0.2) is 18.5 Å². The van der Waals surface area contributed by atoms with E-state index in [0.29, 0.717) is 12.3 Å². The molecule has 58 valence electrons. The van der Waals surface area contributed by atoms with E-state index in [1.807, 2.05) is 0 Å². The minimum Gasteiger partial charge on any atom is -0.356 e. The van der Waals surface area contributed by atoms with Crippen molar-refractivity contribution in [2.24, 2.45) is 11.7 Å². The maximum absolute atomic E-state index is 10.8. The number of rotatable bonds is 0. The molecule has 0 aliphatic carbocycles. The molecular weight excluding hydrogens is 128 g/mol. The summed E-state index contributed by atoms with van der Waals surface area (Å²) < 4.78 is 0. The lowest BCUT2D eigenvalue weighted by Gasteiger charge is -2.13. The van der Waals surface area contributed by atoms with Crippen LogP contribution in [0.1, 0.15) is 19.8 Å². The van der Waals surface area contributed by atoms with Crippen LogP contribution in [0.3, 0.4) is 0 Å². The number of nitrogens with two attached hydrogens (primary N) is 1. The molecule has 1 saturated heterocycles. The van der Waals surface area contributed by atoms with Crippen LogP contribution < -0.4 is 11.1 Å². The van der Waals surface area contributed by atoms with Gasteiger partial charge in [-0.3, -0.25) is 4.79 Å². The Morgan fingerprint density at radius 1 is 1.70 bits per heavy atom. The zero-order valence-electron chi connectivity index (χ0n) is 6.26. The first-order chi connectivity index (χ1) is 4.70. The zero-order valence-corrected chi connectivity index (χ0v) is 6.26. The Bertz CT molecular complexity index is 136. The maximum Gasteiger partial charge on any atom is 0.221 e. The quantitative estimate of drug-likeness (QED) is 0.494. The van der Waals surface area contributed by atoms with Gasteiger partial charge in [0, 0.05) is 19.0 Å². The highest BCUT2D eigenvalue weighted by Gasteiger charge is 2.19. The molecule has 3 heteroatoms. The Kier molecular flexibility index (Phi) is 2.27. The van der Waals surface area contributed by atoms with Crippen LogP contribution in [-0.2, 0) is 4.79 Å². The highest BCUT2D eigenvalue weighted by atomic mass is 16.1. The molecule has 2 unspecified atom stereocenters. The van der Waals surface area contributed by atoms with Crippen LogP contribution >= 0.6 is 0 Å². The molecule has 1 rings (SSSR count). The van der Waals surface area contributed by atoms with Crippen molar-refractivity contribution in [1.29, 1.82) is 0 Å². The van der Waals surface area contributed by atoms with Crippen molar-refractivity contribution >= 4 is 5.91 Å². The van der Waals surface area contributed by atoms with E-state index in [0.717, 1.165) is 13.0 Å². The molecule has 1 aliphatic heterocycles. The van der Waals surface area contributed by atoms with E-state index in [2.05, 4.69) is 12.2 Å². The van der Waals surface area contributed by atoms with Gasteiger partial charge in [0.05, 0.1) is 0 Å². The number of carbonyl (C=O) groups is 1. The van der Waals surface area contributed by atoms with E-state index >= 15 is 0 Å². The second-order valence-corrected chi connectivity index (χ2v) is 2.98. The Morgan fingerprint density at radius 3 is 3.10 bits per heavy atom. The van der Waals surface area contributed by atoms with Gasteiger partial charge in [-0.05, 0) is 12.3 Å². The fraction of sp³-hybridized carbons (Fsp3) is 0.857. The van der Waals surface area contributed by atoms with Crippen molar-refractivity contribution < 1.29 is 4.79 Å². The van der Waals surface area contributed by atoms with Gasteiger partial charge < -0.3 is 11.1 Å². The summed E-state index contributed by atoms with van der Waals surface area (Å²) in [6.07, 6.45) is 1.49. The van der Waals surface area contributed by atoms with E-state index in [9.17, 15) is 4.79 Å². The lowest BCUT2D eigenvalue weighted by atomic mass is 9.98. The van der Waals surface area contributed by atoms with E-state index in [1.165, 1.54) is 0 Å². The summed E-state index contributed by atoms with van der Waals surface area (Å²) in [4.78, 5) is 10.8. The Hall–Kier alpha value is -0.570. The van der Waals surface area contributed by atoms with Crippen molar-refractivity contribution in [2.75, 3.05) is 6.54 Å². The van der Waals surface area contributed by atoms with Gasteiger partial charge in [0.1, 0.15) is 0 Å². The first-order valence-electron chi connectivity index (χ1n) is 3.72. The van der Waals surface area contributed by atoms with Gasteiger partial charge in [-0.15, -0.1) is 0 Å². The fourth-order valence-corrected chi connectivity index (χ4v) is 1.14.